The third kappa shape index (κ3) is 3.88. The molecule has 9 heteroatoms. The molecule has 1 amide bonds. The Morgan fingerprint density at radius 2 is 2.19 bits per heavy atom. The number of anilines is 2. The number of nitrogens with zero attached hydrogens (tertiary/aromatic N) is 2. The van der Waals surface area contributed by atoms with E-state index in [1.807, 2.05) is 25.1 Å². The predicted octanol–water partition coefficient (Wildman–Crippen LogP) is 4.09. The molecule has 4 rings (SSSR count). The van der Waals surface area contributed by atoms with Crippen LogP contribution < -0.4 is 10.8 Å². The third-order valence-corrected chi connectivity index (χ3v) is 5.04. The molecule has 0 bridgehead atoms. The number of aromatic nitrogens is 2. The van der Waals surface area contributed by atoms with Crippen molar-refractivity contribution in [3.8, 4) is 0 Å². The Balaban J connectivity index is 1.69. The highest BCUT2D eigenvalue weighted by Crippen LogP contribution is 2.32. The highest BCUT2D eigenvalue weighted by Gasteiger charge is 2.24. The van der Waals surface area contributed by atoms with Crippen molar-refractivity contribution in [3.05, 3.63) is 44.8 Å². The number of rotatable bonds is 6. The second-order valence-corrected chi connectivity index (χ2v) is 7.76. The molecule has 0 aliphatic heterocycles. The quantitative estimate of drug-likeness (QED) is 0.407. The fourth-order valence-corrected chi connectivity index (χ4v) is 3.30. The van der Waals surface area contributed by atoms with Crippen molar-refractivity contribution >= 4 is 50.9 Å². The van der Waals surface area contributed by atoms with E-state index in [1.54, 1.807) is 0 Å². The Morgan fingerprint density at radius 1 is 1.37 bits per heavy atom. The minimum atomic E-state index is -0.709. The number of halogens is 2. The van der Waals surface area contributed by atoms with E-state index >= 15 is 4.39 Å². The fourth-order valence-electron chi connectivity index (χ4n) is 2.66. The van der Waals surface area contributed by atoms with E-state index in [0.29, 0.717) is 18.2 Å². The van der Waals surface area contributed by atoms with Gasteiger partial charge in [0.25, 0.3) is 5.91 Å². The van der Waals surface area contributed by atoms with Crippen molar-refractivity contribution in [2.24, 2.45) is 5.92 Å². The molecule has 1 saturated carbocycles. The minimum Gasteiger partial charge on any atom is -0.352 e. The molecule has 1 aliphatic carbocycles. The van der Waals surface area contributed by atoms with Crippen LogP contribution in [0.25, 0.3) is 11.0 Å². The van der Waals surface area contributed by atoms with Crippen LogP contribution in [0.1, 0.15) is 28.8 Å². The summed E-state index contributed by atoms with van der Waals surface area (Å²) in [6.45, 7) is 2.35. The molecule has 1 aromatic heterocycles. The summed E-state index contributed by atoms with van der Waals surface area (Å²) in [5.74, 6) is -0.791. The first-order chi connectivity index (χ1) is 13.0. The van der Waals surface area contributed by atoms with Gasteiger partial charge >= 0.3 is 0 Å². The average Bonchev–Trinajstić information content (AvgIpc) is 3.33. The average molecular weight is 482 g/mol. The van der Waals surface area contributed by atoms with Gasteiger partial charge in [0.2, 0.25) is 0 Å². The van der Waals surface area contributed by atoms with E-state index in [-0.39, 0.29) is 22.3 Å². The van der Waals surface area contributed by atoms with Crippen molar-refractivity contribution in [2.45, 2.75) is 19.8 Å². The second kappa shape index (κ2) is 7.39. The van der Waals surface area contributed by atoms with Crippen LogP contribution in [-0.4, -0.2) is 22.8 Å². The molecule has 7 nitrogen and oxygen atoms in total. The third-order valence-electron chi connectivity index (χ3n) is 4.37. The van der Waals surface area contributed by atoms with Crippen LogP contribution in [0.4, 0.5) is 15.8 Å². The van der Waals surface area contributed by atoms with Crippen molar-refractivity contribution in [1.29, 1.82) is 0 Å². The number of amides is 1. The number of hydroxylamine groups is 1. The summed E-state index contributed by atoms with van der Waals surface area (Å²) in [4.78, 5) is 17.8. The van der Waals surface area contributed by atoms with E-state index in [4.69, 9.17) is 4.84 Å². The molecule has 1 aliphatic rings. The summed E-state index contributed by atoms with van der Waals surface area (Å²) in [5.41, 5.74) is 4.14. The molecular formula is C18H16FIN4O3. The SMILES string of the molecule is Cc1cc(I)ccc1Nc1c(C(=O)NOCC2CC2)cc2nonc2c1F. The molecule has 3 aromatic rings. The van der Waals surface area contributed by atoms with E-state index in [0.717, 1.165) is 22.0 Å². The normalized spacial score (nSPS) is 13.7. The summed E-state index contributed by atoms with van der Waals surface area (Å²) in [6.07, 6.45) is 2.19. The first-order valence-electron chi connectivity index (χ1n) is 8.43. The molecule has 2 N–H and O–H groups in total. The summed E-state index contributed by atoms with van der Waals surface area (Å²) in [7, 11) is 0. The van der Waals surface area contributed by atoms with Gasteiger partial charge in [-0.2, -0.15) is 0 Å². The van der Waals surface area contributed by atoms with E-state index in [1.165, 1.54) is 6.07 Å². The fraction of sp³-hybridized carbons (Fsp3) is 0.278. The van der Waals surface area contributed by atoms with Crippen molar-refractivity contribution in [3.63, 3.8) is 0 Å². The number of benzene rings is 2. The van der Waals surface area contributed by atoms with Gasteiger partial charge in [-0.3, -0.25) is 9.63 Å². The molecule has 1 fully saturated rings. The highest BCUT2D eigenvalue weighted by atomic mass is 127. The maximum Gasteiger partial charge on any atom is 0.277 e. The Kier molecular flexibility index (Phi) is 4.96. The van der Waals surface area contributed by atoms with Gasteiger partial charge in [-0.25, -0.2) is 14.5 Å². The van der Waals surface area contributed by atoms with E-state index < -0.39 is 11.7 Å². The van der Waals surface area contributed by atoms with Crippen molar-refractivity contribution < 1.29 is 18.7 Å². The van der Waals surface area contributed by atoms with Gasteiger partial charge in [-0.05, 0) is 88.4 Å². The first-order valence-corrected chi connectivity index (χ1v) is 9.51. The molecular weight excluding hydrogens is 466 g/mol. The maximum atomic E-state index is 15.0. The van der Waals surface area contributed by atoms with Crippen LogP contribution in [0, 0.1) is 22.2 Å². The molecule has 27 heavy (non-hydrogen) atoms. The Hall–Kier alpha value is -2.27. The van der Waals surface area contributed by atoms with Gasteiger partial charge in [0.1, 0.15) is 5.52 Å². The predicted molar refractivity (Wildman–Crippen MR) is 105 cm³/mol. The Morgan fingerprint density at radius 3 is 2.93 bits per heavy atom. The number of hydrogen-bond donors (Lipinski definition) is 2. The molecule has 1 heterocycles. The molecule has 0 atom stereocenters. The Bertz CT molecular complexity index is 1020. The number of carbonyl (C=O) groups is 1. The number of carbonyl (C=O) groups excluding carboxylic acids is 1. The Labute approximate surface area is 167 Å². The standard InChI is InChI=1S/C18H16FIN4O3/c1-9-6-11(20)4-5-13(9)21-16-12(18(25)24-26-8-10-2-3-10)7-14-17(15(16)19)23-27-22-14/h4-7,10,21H,2-3,8H2,1H3,(H,24,25). The molecule has 140 valence electrons. The summed E-state index contributed by atoms with van der Waals surface area (Å²) in [5, 5.41) is 10.2. The largest absolute Gasteiger partial charge is 0.352 e. The van der Waals surface area contributed by atoms with Gasteiger partial charge < -0.3 is 5.32 Å². The number of nitrogens with one attached hydrogen (secondary N) is 2. The summed E-state index contributed by atoms with van der Waals surface area (Å²) in [6, 6.07) is 7.10. The number of hydrogen-bond acceptors (Lipinski definition) is 6. The van der Waals surface area contributed by atoms with Crippen LogP contribution in [0.15, 0.2) is 28.9 Å². The van der Waals surface area contributed by atoms with Crippen LogP contribution in [-0.2, 0) is 4.84 Å². The second-order valence-electron chi connectivity index (χ2n) is 6.51. The van der Waals surface area contributed by atoms with Gasteiger partial charge in [-0.15, -0.1) is 0 Å². The van der Waals surface area contributed by atoms with Gasteiger partial charge in [0.15, 0.2) is 11.3 Å². The zero-order chi connectivity index (χ0) is 19.0. The highest BCUT2D eigenvalue weighted by molar-refractivity contribution is 14.1. The maximum absolute atomic E-state index is 15.0. The zero-order valence-electron chi connectivity index (χ0n) is 14.4. The topological polar surface area (TPSA) is 89.3 Å². The van der Waals surface area contributed by atoms with E-state index in [2.05, 4.69) is 48.3 Å². The lowest BCUT2D eigenvalue weighted by Gasteiger charge is -2.15. The molecule has 0 unspecified atom stereocenters. The van der Waals surface area contributed by atoms with Gasteiger partial charge in [0.05, 0.1) is 17.9 Å². The molecule has 0 radical (unpaired) electrons. The van der Waals surface area contributed by atoms with Crippen LogP contribution in [0.3, 0.4) is 0 Å². The number of fused-ring (bicyclic) bond motifs is 1. The summed E-state index contributed by atoms with van der Waals surface area (Å²) >= 11 is 2.20. The van der Waals surface area contributed by atoms with Crippen molar-refractivity contribution in [1.82, 2.24) is 15.8 Å². The first kappa shape index (κ1) is 18.1. The van der Waals surface area contributed by atoms with Gasteiger partial charge in [-0.1, -0.05) is 0 Å². The monoisotopic (exact) mass is 482 g/mol. The minimum absolute atomic E-state index is 0.00460. The lowest BCUT2D eigenvalue weighted by atomic mass is 10.1. The molecule has 0 saturated heterocycles. The number of aryl methyl sites for hydroxylation is 1. The smallest absolute Gasteiger partial charge is 0.277 e. The van der Waals surface area contributed by atoms with E-state index in [9.17, 15) is 4.79 Å². The molecule has 0 spiro atoms. The summed E-state index contributed by atoms with van der Waals surface area (Å²) < 4.78 is 20.7. The lowest BCUT2D eigenvalue weighted by Crippen LogP contribution is -2.26. The van der Waals surface area contributed by atoms with Crippen LogP contribution in [0.5, 0.6) is 0 Å². The van der Waals surface area contributed by atoms with Gasteiger partial charge in [0, 0.05) is 9.26 Å². The van der Waals surface area contributed by atoms with Crippen LogP contribution in [0.2, 0.25) is 0 Å². The zero-order valence-corrected chi connectivity index (χ0v) is 16.5. The lowest BCUT2D eigenvalue weighted by molar-refractivity contribution is 0.0271. The van der Waals surface area contributed by atoms with Crippen molar-refractivity contribution in [2.75, 3.05) is 11.9 Å². The molecule has 2 aromatic carbocycles. The van der Waals surface area contributed by atoms with Crippen LogP contribution >= 0.6 is 22.6 Å².